The zero-order chi connectivity index (χ0) is 7.40. The van der Waals surface area contributed by atoms with Crippen molar-refractivity contribution in [3.63, 3.8) is 0 Å². The molecule has 0 aliphatic carbocycles. The van der Waals surface area contributed by atoms with Gasteiger partial charge in [-0.05, 0) is 5.56 Å². The minimum Gasteiger partial charge on any atom is -0.0913 e. The van der Waals surface area contributed by atoms with E-state index in [0.717, 1.165) is 5.56 Å². The fraction of sp³-hybridized carbons (Fsp3) is 0. The molecule has 1 aromatic carbocycles. The molecule has 1 aromatic rings. The predicted molar refractivity (Wildman–Crippen MR) is 46.1 cm³/mol. The van der Waals surface area contributed by atoms with Gasteiger partial charge in [0.05, 0.1) is 5.03 Å². The van der Waals surface area contributed by atoms with Crippen molar-refractivity contribution in [1.82, 2.24) is 0 Å². The van der Waals surface area contributed by atoms with Crippen molar-refractivity contribution in [3.8, 4) is 0 Å². The third-order valence-corrected chi connectivity index (χ3v) is 1.80. The minimum atomic E-state index is 0. The number of benzene rings is 1. The molecule has 3 heteroatoms. The van der Waals surface area contributed by atoms with E-state index in [-0.39, 0.29) is 19.5 Å². The van der Waals surface area contributed by atoms with Crippen LogP contribution < -0.4 is 0 Å². The van der Waals surface area contributed by atoms with Gasteiger partial charge in [0.25, 0.3) is 0 Å². The second kappa shape index (κ2) is 5.77. The summed E-state index contributed by atoms with van der Waals surface area (Å²) in [4.78, 5) is 0. The monoisotopic (exact) mass is 274 g/mol. The van der Waals surface area contributed by atoms with E-state index in [4.69, 9.17) is 23.2 Å². The van der Waals surface area contributed by atoms with E-state index in [1.54, 1.807) is 0 Å². The number of hydrogen-bond acceptors (Lipinski definition) is 0. The molecule has 1 rings (SSSR count). The van der Waals surface area contributed by atoms with Crippen molar-refractivity contribution in [1.29, 1.82) is 0 Å². The SMILES string of the molecule is ClC=C(Cl)c1ccccc1.[Ru]. The molecule has 60 valence electrons. The van der Waals surface area contributed by atoms with Gasteiger partial charge in [-0.1, -0.05) is 53.5 Å². The summed E-state index contributed by atoms with van der Waals surface area (Å²) in [6.07, 6.45) is 0. The largest absolute Gasteiger partial charge is 0.0913 e. The van der Waals surface area contributed by atoms with Crippen LogP contribution in [-0.2, 0) is 19.5 Å². The van der Waals surface area contributed by atoms with Gasteiger partial charge in [-0.3, -0.25) is 0 Å². The Hall–Kier alpha value is 0.163. The molecule has 0 spiro atoms. The molecule has 0 saturated heterocycles. The zero-order valence-electron chi connectivity index (χ0n) is 5.57. The minimum absolute atomic E-state index is 0. The van der Waals surface area contributed by atoms with Crippen LogP contribution in [0.25, 0.3) is 5.03 Å². The van der Waals surface area contributed by atoms with Crippen molar-refractivity contribution < 1.29 is 19.5 Å². The van der Waals surface area contributed by atoms with Gasteiger partial charge in [-0.25, -0.2) is 0 Å². The van der Waals surface area contributed by atoms with Crippen LogP contribution in [0.1, 0.15) is 5.56 Å². The molecule has 0 heterocycles. The average Bonchev–Trinajstić information content (AvgIpc) is 2.05. The predicted octanol–water partition coefficient (Wildman–Crippen LogP) is 3.46. The van der Waals surface area contributed by atoms with Crippen LogP contribution in [0.15, 0.2) is 35.9 Å². The van der Waals surface area contributed by atoms with Gasteiger partial charge in [-0.2, -0.15) is 0 Å². The molecule has 0 radical (unpaired) electrons. The van der Waals surface area contributed by atoms with Crippen LogP contribution in [0.2, 0.25) is 0 Å². The van der Waals surface area contributed by atoms with E-state index in [1.807, 2.05) is 30.3 Å². The maximum Gasteiger partial charge on any atom is 0.0591 e. The van der Waals surface area contributed by atoms with Gasteiger partial charge in [0, 0.05) is 25.0 Å². The Bertz CT molecular complexity index is 231. The molecular weight excluding hydrogens is 268 g/mol. The Labute approximate surface area is 89.0 Å². The molecule has 0 aliphatic rings. The van der Waals surface area contributed by atoms with E-state index >= 15 is 0 Å². The fourth-order valence-electron chi connectivity index (χ4n) is 0.660. The second-order valence-electron chi connectivity index (χ2n) is 1.82. The van der Waals surface area contributed by atoms with E-state index in [9.17, 15) is 0 Å². The summed E-state index contributed by atoms with van der Waals surface area (Å²) < 4.78 is 0. The molecule has 11 heavy (non-hydrogen) atoms. The van der Waals surface area contributed by atoms with Crippen LogP contribution in [0, 0.1) is 0 Å². The first kappa shape index (κ1) is 11.2. The Kier molecular flexibility index (Phi) is 5.85. The standard InChI is InChI=1S/C8H6Cl2.Ru/c9-6-8(10)7-4-2-1-3-5-7;/h1-6H;. The molecule has 0 unspecified atom stereocenters. The van der Waals surface area contributed by atoms with Crippen molar-refractivity contribution in [2.24, 2.45) is 0 Å². The Morgan fingerprint density at radius 3 is 2.18 bits per heavy atom. The second-order valence-corrected chi connectivity index (χ2v) is 2.45. The van der Waals surface area contributed by atoms with Gasteiger partial charge in [-0.15, -0.1) is 0 Å². The first-order valence-electron chi connectivity index (χ1n) is 2.86. The smallest absolute Gasteiger partial charge is 0.0591 e. The first-order chi connectivity index (χ1) is 4.84. The topological polar surface area (TPSA) is 0 Å². The molecule has 0 amide bonds. The summed E-state index contributed by atoms with van der Waals surface area (Å²) in [5, 5.41) is 0.572. The molecule has 0 aliphatic heterocycles. The van der Waals surface area contributed by atoms with Gasteiger partial charge < -0.3 is 0 Å². The molecule has 0 atom stereocenters. The van der Waals surface area contributed by atoms with Crippen molar-refractivity contribution in [2.75, 3.05) is 0 Å². The molecule has 0 nitrogen and oxygen atoms in total. The zero-order valence-corrected chi connectivity index (χ0v) is 8.82. The van der Waals surface area contributed by atoms with Gasteiger partial charge in [0.1, 0.15) is 0 Å². The van der Waals surface area contributed by atoms with Crippen LogP contribution in [0.3, 0.4) is 0 Å². The molecule has 0 aromatic heterocycles. The number of hydrogen-bond donors (Lipinski definition) is 0. The molecule has 0 fully saturated rings. The maximum atomic E-state index is 5.72. The average molecular weight is 274 g/mol. The summed E-state index contributed by atoms with van der Waals surface area (Å²) in [6.45, 7) is 0. The molecular formula is C8H6Cl2Ru. The van der Waals surface area contributed by atoms with Crippen LogP contribution >= 0.6 is 23.2 Å². The molecule has 0 saturated carbocycles. The van der Waals surface area contributed by atoms with E-state index in [0.29, 0.717) is 5.03 Å². The van der Waals surface area contributed by atoms with Gasteiger partial charge >= 0.3 is 0 Å². The Morgan fingerprint density at radius 1 is 1.18 bits per heavy atom. The summed E-state index contributed by atoms with van der Waals surface area (Å²) in [6, 6.07) is 9.57. The quantitative estimate of drug-likeness (QED) is 0.688. The Balaban J connectivity index is 0.000001000. The normalized spacial score (nSPS) is 10.5. The first-order valence-corrected chi connectivity index (χ1v) is 3.67. The van der Waals surface area contributed by atoms with Crippen molar-refractivity contribution in [2.45, 2.75) is 0 Å². The van der Waals surface area contributed by atoms with E-state index in [2.05, 4.69) is 0 Å². The fourth-order valence-corrected chi connectivity index (χ4v) is 0.912. The van der Waals surface area contributed by atoms with Crippen molar-refractivity contribution in [3.05, 3.63) is 41.4 Å². The van der Waals surface area contributed by atoms with Crippen LogP contribution in [0.5, 0.6) is 0 Å². The van der Waals surface area contributed by atoms with Crippen LogP contribution in [0.4, 0.5) is 0 Å². The van der Waals surface area contributed by atoms with Crippen LogP contribution in [-0.4, -0.2) is 0 Å². The van der Waals surface area contributed by atoms with Gasteiger partial charge in [0.15, 0.2) is 0 Å². The van der Waals surface area contributed by atoms with Crippen molar-refractivity contribution >= 4 is 28.2 Å². The summed E-state index contributed by atoms with van der Waals surface area (Å²) in [5.41, 5.74) is 2.30. The summed E-state index contributed by atoms with van der Waals surface area (Å²) in [5.74, 6) is 0. The summed E-state index contributed by atoms with van der Waals surface area (Å²) in [7, 11) is 0. The number of halogens is 2. The van der Waals surface area contributed by atoms with E-state index < -0.39 is 0 Å². The van der Waals surface area contributed by atoms with E-state index in [1.165, 1.54) is 5.54 Å². The maximum absolute atomic E-state index is 5.72. The molecule has 0 bridgehead atoms. The molecule has 0 N–H and O–H groups in total. The third kappa shape index (κ3) is 3.38. The van der Waals surface area contributed by atoms with Gasteiger partial charge in [0.2, 0.25) is 0 Å². The third-order valence-electron chi connectivity index (χ3n) is 1.15. The Morgan fingerprint density at radius 2 is 1.73 bits per heavy atom. The summed E-state index contributed by atoms with van der Waals surface area (Å²) >= 11 is 11.1. The number of rotatable bonds is 1.